The van der Waals surface area contributed by atoms with Gasteiger partial charge in [0.2, 0.25) is 5.62 Å². The first-order chi connectivity index (χ1) is 12.1. The number of benzene rings is 2. The molecule has 0 amide bonds. The van der Waals surface area contributed by atoms with Crippen LogP contribution in [0.4, 0.5) is 0 Å². The van der Waals surface area contributed by atoms with Crippen molar-refractivity contribution >= 4 is 11.0 Å². The van der Waals surface area contributed by atoms with Crippen LogP contribution in [-0.2, 0) is 13.1 Å². The van der Waals surface area contributed by atoms with Gasteiger partial charge in [0.1, 0.15) is 18.5 Å². The number of fused-ring (bicyclic) bond motifs is 1. The number of nitrogens with zero attached hydrogens (tertiary/aromatic N) is 2. The number of ether oxygens (including phenoxy) is 1. The number of aliphatic hydroxyl groups excluding tert-OH is 1. The Labute approximate surface area is 159 Å². The predicted molar refractivity (Wildman–Crippen MR) is 98.8 cm³/mol. The molecular weight excluding hydrogens is 350 g/mol. The van der Waals surface area contributed by atoms with E-state index in [9.17, 15) is 5.11 Å². The van der Waals surface area contributed by atoms with Crippen LogP contribution in [0.5, 0.6) is 5.75 Å². The quantitative estimate of drug-likeness (QED) is 0.615. The second kappa shape index (κ2) is 8.92. The van der Waals surface area contributed by atoms with Gasteiger partial charge in [-0.2, -0.15) is 0 Å². The second-order valence-corrected chi connectivity index (χ2v) is 6.36. The minimum Gasteiger partial charge on any atom is -1.00 e. The Morgan fingerprint density at radius 3 is 2.42 bits per heavy atom. The molecule has 1 heterocycles. The number of aromatic nitrogens is 2. The molecular formula is C20H25ClN3O2-. The molecule has 0 aliphatic carbocycles. The van der Waals surface area contributed by atoms with Crippen molar-refractivity contribution in [1.29, 1.82) is 5.41 Å². The van der Waals surface area contributed by atoms with Gasteiger partial charge in [0.05, 0.1) is 17.6 Å². The van der Waals surface area contributed by atoms with E-state index in [0.717, 1.165) is 35.3 Å². The molecule has 1 atom stereocenters. The Hall–Kier alpha value is -2.24. The van der Waals surface area contributed by atoms with Gasteiger partial charge < -0.3 is 31.4 Å². The SMILES string of the molecule is CCCn1c(=N)n(CC(O)COc2cccc(C)c2)c2ccccc21.[Cl-]. The van der Waals surface area contributed by atoms with Crippen molar-refractivity contribution in [1.82, 2.24) is 9.13 Å². The summed E-state index contributed by atoms with van der Waals surface area (Å²) in [7, 11) is 0. The second-order valence-electron chi connectivity index (χ2n) is 6.36. The van der Waals surface area contributed by atoms with Crippen LogP contribution in [0.1, 0.15) is 18.9 Å². The first-order valence-corrected chi connectivity index (χ1v) is 8.70. The predicted octanol–water partition coefficient (Wildman–Crippen LogP) is 0.0846. The van der Waals surface area contributed by atoms with Crippen LogP contribution in [0.3, 0.4) is 0 Å². The third-order valence-electron chi connectivity index (χ3n) is 4.25. The molecule has 0 aliphatic heterocycles. The fourth-order valence-electron chi connectivity index (χ4n) is 3.09. The number of hydrogen-bond acceptors (Lipinski definition) is 3. The molecule has 2 N–H and O–H groups in total. The lowest BCUT2D eigenvalue weighted by atomic mass is 10.2. The van der Waals surface area contributed by atoms with Crippen LogP contribution in [0, 0.1) is 12.3 Å². The van der Waals surface area contributed by atoms with E-state index in [0.29, 0.717) is 12.2 Å². The van der Waals surface area contributed by atoms with Gasteiger partial charge in [0, 0.05) is 6.54 Å². The Kier molecular flexibility index (Phi) is 6.89. The first kappa shape index (κ1) is 20.1. The third kappa shape index (κ3) is 4.29. The number of halogens is 1. The van der Waals surface area contributed by atoms with Crippen LogP contribution < -0.4 is 22.8 Å². The van der Waals surface area contributed by atoms with Crippen molar-refractivity contribution in [3.63, 3.8) is 0 Å². The zero-order chi connectivity index (χ0) is 17.8. The number of aliphatic hydroxyl groups is 1. The van der Waals surface area contributed by atoms with Gasteiger partial charge >= 0.3 is 0 Å². The summed E-state index contributed by atoms with van der Waals surface area (Å²) < 4.78 is 9.54. The number of para-hydroxylation sites is 2. The zero-order valence-corrected chi connectivity index (χ0v) is 15.9. The Morgan fingerprint density at radius 2 is 1.77 bits per heavy atom. The monoisotopic (exact) mass is 374 g/mol. The highest BCUT2D eigenvalue weighted by atomic mass is 35.5. The maximum atomic E-state index is 10.4. The fourth-order valence-corrected chi connectivity index (χ4v) is 3.09. The lowest BCUT2D eigenvalue weighted by Gasteiger charge is -2.14. The van der Waals surface area contributed by atoms with E-state index in [1.807, 2.05) is 64.6 Å². The van der Waals surface area contributed by atoms with Gasteiger partial charge in [-0.3, -0.25) is 5.41 Å². The number of aryl methyl sites for hydroxylation is 2. The fraction of sp³-hybridized carbons (Fsp3) is 0.350. The van der Waals surface area contributed by atoms with Gasteiger partial charge in [-0.05, 0) is 43.2 Å². The molecule has 0 bridgehead atoms. The third-order valence-corrected chi connectivity index (χ3v) is 4.25. The highest BCUT2D eigenvalue weighted by Gasteiger charge is 2.14. The van der Waals surface area contributed by atoms with Crippen LogP contribution in [-0.4, -0.2) is 27.0 Å². The molecule has 3 aromatic rings. The number of nitrogens with one attached hydrogen (secondary N) is 1. The van der Waals surface area contributed by atoms with Crippen molar-refractivity contribution in [3.8, 4) is 5.75 Å². The standard InChI is InChI=1S/C20H25N3O2.ClH/c1-3-11-22-18-9-4-5-10-19(18)23(20(22)21)13-16(24)14-25-17-8-6-7-15(2)12-17;/h4-10,12,16,21,24H,3,11,13-14H2,1-2H3;1H/p-1. The summed E-state index contributed by atoms with van der Waals surface area (Å²) in [5.74, 6) is 0.753. The van der Waals surface area contributed by atoms with Crippen LogP contribution in [0.25, 0.3) is 11.0 Å². The van der Waals surface area contributed by atoms with Crippen LogP contribution in [0.2, 0.25) is 0 Å². The molecule has 0 radical (unpaired) electrons. The number of imidazole rings is 1. The summed E-state index contributed by atoms with van der Waals surface area (Å²) in [6, 6.07) is 15.7. The molecule has 2 aromatic carbocycles. The minimum absolute atomic E-state index is 0. The van der Waals surface area contributed by atoms with Gasteiger partial charge in [-0.1, -0.05) is 31.2 Å². The van der Waals surface area contributed by atoms with E-state index < -0.39 is 6.10 Å². The van der Waals surface area contributed by atoms with E-state index in [1.165, 1.54) is 0 Å². The molecule has 1 unspecified atom stereocenters. The average Bonchev–Trinajstić information content (AvgIpc) is 2.86. The molecule has 5 nitrogen and oxygen atoms in total. The van der Waals surface area contributed by atoms with Gasteiger partial charge in [0.25, 0.3) is 0 Å². The molecule has 1 aromatic heterocycles. The molecule has 3 rings (SSSR count). The van der Waals surface area contributed by atoms with E-state index in [4.69, 9.17) is 10.1 Å². The first-order valence-electron chi connectivity index (χ1n) is 8.70. The average molecular weight is 375 g/mol. The van der Waals surface area contributed by atoms with E-state index in [1.54, 1.807) is 0 Å². The van der Waals surface area contributed by atoms with Crippen molar-refractivity contribution in [2.75, 3.05) is 6.61 Å². The summed E-state index contributed by atoms with van der Waals surface area (Å²) >= 11 is 0. The van der Waals surface area contributed by atoms with Crippen molar-refractivity contribution in [2.45, 2.75) is 39.5 Å². The summed E-state index contributed by atoms with van der Waals surface area (Å²) in [5.41, 5.74) is 3.53. The molecule has 0 fully saturated rings. The van der Waals surface area contributed by atoms with E-state index >= 15 is 0 Å². The maximum Gasteiger partial charge on any atom is 0.203 e. The Bertz CT molecular complexity index is 917. The molecule has 0 saturated heterocycles. The van der Waals surface area contributed by atoms with E-state index in [-0.39, 0.29) is 19.0 Å². The van der Waals surface area contributed by atoms with Crippen LogP contribution >= 0.6 is 0 Å². The topological polar surface area (TPSA) is 63.2 Å². The molecule has 140 valence electrons. The summed E-state index contributed by atoms with van der Waals surface area (Å²) in [6.45, 7) is 5.43. The number of hydrogen-bond donors (Lipinski definition) is 2. The normalized spacial score (nSPS) is 12.0. The largest absolute Gasteiger partial charge is 1.00 e. The van der Waals surface area contributed by atoms with Crippen molar-refractivity contribution in [2.24, 2.45) is 0 Å². The van der Waals surface area contributed by atoms with Gasteiger partial charge in [0.15, 0.2) is 0 Å². The molecule has 0 aliphatic rings. The molecule has 0 spiro atoms. The van der Waals surface area contributed by atoms with Crippen molar-refractivity contribution < 1.29 is 22.3 Å². The highest BCUT2D eigenvalue weighted by Crippen LogP contribution is 2.15. The van der Waals surface area contributed by atoms with E-state index in [2.05, 4.69) is 6.92 Å². The van der Waals surface area contributed by atoms with Crippen LogP contribution in [0.15, 0.2) is 48.5 Å². The maximum absolute atomic E-state index is 10.4. The molecule has 26 heavy (non-hydrogen) atoms. The lowest BCUT2D eigenvalue weighted by Crippen LogP contribution is -3.00. The summed E-state index contributed by atoms with van der Waals surface area (Å²) in [5, 5.41) is 18.9. The zero-order valence-electron chi connectivity index (χ0n) is 15.2. The summed E-state index contributed by atoms with van der Waals surface area (Å²) in [4.78, 5) is 0. The summed E-state index contributed by atoms with van der Waals surface area (Å²) in [6.07, 6.45) is 0.277. The Morgan fingerprint density at radius 1 is 1.08 bits per heavy atom. The molecule has 0 saturated carbocycles. The highest BCUT2D eigenvalue weighted by molar-refractivity contribution is 5.75. The lowest BCUT2D eigenvalue weighted by molar-refractivity contribution is -0.00000747. The van der Waals surface area contributed by atoms with Gasteiger partial charge in [-0.15, -0.1) is 0 Å². The van der Waals surface area contributed by atoms with Crippen molar-refractivity contribution in [3.05, 3.63) is 59.7 Å². The molecule has 6 heteroatoms. The van der Waals surface area contributed by atoms with Gasteiger partial charge in [-0.25, -0.2) is 0 Å². The number of rotatable bonds is 7. The smallest absolute Gasteiger partial charge is 0.203 e. The Balaban J connectivity index is 0.00000243. The minimum atomic E-state index is -0.685.